The number of halogens is 1. The Kier molecular flexibility index (Phi) is 7.49. The Labute approximate surface area is 163 Å². The number of benzene rings is 2. The Balaban J connectivity index is 1.93. The van der Waals surface area contributed by atoms with Crippen molar-refractivity contribution < 1.29 is 23.8 Å². The Bertz CT molecular complexity index is 807. The summed E-state index contributed by atoms with van der Waals surface area (Å²) in [6.07, 6.45) is 0. The summed E-state index contributed by atoms with van der Waals surface area (Å²) in [5, 5.41) is 3.10. The van der Waals surface area contributed by atoms with Gasteiger partial charge < -0.3 is 19.5 Å². The molecule has 0 saturated carbocycles. The van der Waals surface area contributed by atoms with Crippen LogP contribution in [-0.4, -0.2) is 32.2 Å². The fraction of sp³-hybridized carbons (Fsp3) is 0.300. The van der Waals surface area contributed by atoms with E-state index in [1.165, 1.54) is 13.2 Å². The Morgan fingerprint density at radius 1 is 1.11 bits per heavy atom. The zero-order valence-corrected chi connectivity index (χ0v) is 16.2. The molecule has 0 aromatic heterocycles. The van der Waals surface area contributed by atoms with Crippen LogP contribution < -0.4 is 14.8 Å². The molecule has 144 valence electrons. The van der Waals surface area contributed by atoms with Crippen LogP contribution in [0.3, 0.4) is 0 Å². The topological polar surface area (TPSA) is 73.9 Å². The van der Waals surface area contributed by atoms with Gasteiger partial charge in [-0.25, -0.2) is 4.79 Å². The highest BCUT2D eigenvalue weighted by Gasteiger charge is 2.14. The number of carbonyl (C=O) groups excluding carboxylic acids is 2. The van der Waals surface area contributed by atoms with Crippen molar-refractivity contribution in [1.29, 1.82) is 0 Å². The number of carbonyl (C=O) groups is 2. The van der Waals surface area contributed by atoms with Crippen molar-refractivity contribution in [3.63, 3.8) is 0 Å². The molecule has 0 saturated heterocycles. The van der Waals surface area contributed by atoms with E-state index >= 15 is 0 Å². The molecule has 2 aromatic carbocycles. The maximum Gasteiger partial charge on any atom is 0.338 e. The van der Waals surface area contributed by atoms with Gasteiger partial charge in [-0.3, -0.25) is 4.79 Å². The third-order valence-corrected chi connectivity index (χ3v) is 3.65. The smallest absolute Gasteiger partial charge is 0.338 e. The van der Waals surface area contributed by atoms with E-state index in [1.54, 1.807) is 36.4 Å². The first-order valence-corrected chi connectivity index (χ1v) is 8.80. The van der Waals surface area contributed by atoms with E-state index in [-0.39, 0.29) is 5.56 Å². The van der Waals surface area contributed by atoms with Crippen molar-refractivity contribution >= 4 is 29.2 Å². The number of methoxy groups -OCH3 is 1. The van der Waals surface area contributed by atoms with Gasteiger partial charge in [0.15, 0.2) is 18.1 Å². The van der Waals surface area contributed by atoms with Gasteiger partial charge in [0, 0.05) is 10.7 Å². The van der Waals surface area contributed by atoms with E-state index < -0.39 is 18.5 Å². The first kappa shape index (κ1) is 20.6. The molecular formula is C20H22ClNO5. The molecule has 0 bridgehead atoms. The predicted octanol–water partition coefficient (Wildman–Crippen LogP) is 4.18. The van der Waals surface area contributed by atoms with Crippen LogP contribution in [0.25, 0.3) is 0 Å². The van der Waals surface area contributed by atoms with E-state index in [0.29, 0.717) is 34.7 Å². The maximum absolute atomic E-state index is 12.2. The summed E-state index contributed by atoms with van der Waals surface area (Å²) in [4.78, 5) is 24.1. The van der Waals surface area contributed by atoms with E-state index in [4.69, 9.17) is 25.8 Å². The molecule has 0 spiro atoms. The molecule has 0 heterocycles. The molecule has 0 aliphatic rings. The summed E-state index contributed by atoms with van der Waals surface area (Å²) in [5.41, 5.74) is 0.788. The lowest BCUT2D eigenvalue weighted by Gasteiger charge is -2.13. The molecule has 2 aromatic rings. The van der Waals surface area contributed by atoms with Crippen LogP contribution in [0.2, 0.25) is 5.02 Å². The number of amides is 1. The number of ether oxygens (including phenoxy) is 3. The van der Waals surface area contributed by atoms with E-state index in [1.807, 2.05) is 13.8 Å². The van der Waals surface area contributed by atoms with Crippen molar-refractivity contribution in [3.8, 4) is 11.5 Å². The molecule has 1 amide bonds. The number of rotatable bonds is 8. The van der Waals surface area contributed by atoms with E-state index in [9.17, 15) is 9.59 Å². The lowest BCUT2D eigenvalue weighted by atomic mass is 10.2. The molecule has 0 aliphatic heterocycles. The largest absolute Gasteiger partial charge is 0.493 e. The van der Waals surface area contributed by atoms with Crippen LogP contribution in [0.4, 0.5) is 5.69 Å². The van der Waals surface area contributed by atoms with Gasteiger partial charge in [0.2, 0.25) is 0 Å². The number of anilines is 1. The van der Waals surface area contributed by atoms with Crippen LogP contribution >= 0.6 is 11.6 Å². The summed E-state index contributed by atoms with van der Waals surface area (Å²) in [5.74, 6) is 0.228. The van der Waals surface area contributed by atoms with Gasteiger partial charge in [0.25, 0.3) is 5.91 Å². The summed E-state index contributed by atoms with van der Waals surface area (Å²) in [6.45, 7) is 4.18. The van der Waals surface area contributed by atoms with Crippen molar-refractivity contribution in [2.24, 2.45) is 5.92 Å². The third-order valence-electron chi connectivity index (χ3n) is 3.41. The quantitative estimate of drug-likeness (QED) is 0.683. The number of esters is 1. The molecule has 27 heavy (non-hydrogen) atoms. The normalized spacial score (nSPS) is 10.4. The molecule has 0 unspecified atom stereocenters. The fourth-order valence-corrected chi connectivity index (χ4v) is 2.34. The molecule has 0 fully saturated rings. The number of hydrogen-bond donors (Lipinski definition) is 1. The van der Waals surface area contributed by atoms with Gasteiger partial charge in [-0.2, -0.15) is 0 Å². The minimum atomic E-state index is -0.634. The Hall–Kier alpha value is -2.73. The minimum Gasteiger partial charge on any atom is -0.493 e. The molecular weight excluding hydrogens is 370 g/mol. The summed E-state index contributed by atoms with van der Waals surface area (Å²) in [6, 6.07) is 11.4. The minimum absolute atomic E-state index is 0.263. The van der Waals surface area contributed by atoms with Crippen LogP contribution in [0.15, 0.2) is 42.5 Å². The predicted molar refractivity (Wildman–Crippen MR) is 104 cm³/mol. The average molecular weight is 392 g/mol. The van der Waals surface area contributed by atoms with Crippen LogP contribution in [0.1, 0.15) is 24.2 Å². The second-order valence-corrected chi connectivity index (χ2v) is 6.64. The molecule has 7 heteroatoms. The average Bonchev–Trinajstić information content (AvgIpc) is 2.64. The third kappa shape index (κ3) is 6.49. The zero-order chi connectivity index (χ0) is 19.8. The highest BCUT2D eigenvalue weighted by molar-refractivity contribution is 6.30. The summed E-state index contributed by atoms with van der Waals surface area (Å²) >= 11 is 5.86. The van der Waals surface area contributed by atoms with Crippen LogP contribution in [0, 0.1) is 5.92 Å². The van der Waals surface area contributed by atoms with Gasteiger partial charge in [-0.05, 0) is 42.3 Å². The lowest BCUT2D eigenvalue weighted by molar-refractivity contribution is -0.119. The first-order valence-electron chi connectivity index (χ1n) is 8.42. The van der Waals surface area contributed by atoms with Gasteiger partial charge in [0.05, 0.1) is 19.3 Å². The van der Waals surface area contributed by atoms with Gasteiger partial charge >= 0.3 is 5.97 Å². The molecule has 1 N–H and O–H groups in total. The first-order chi connectivity index (χ1) is 12.9. The van der Waals surface area contributed by atoms with E-state index in [0.717, 1.165) is 0 Å². The van der Waals surface area contributed by atoms with E-state index in [2.05, 4.69) is 5.32 Å². The van der Waals surface area contributed by atoms with Gasteiger partial charge in [0.1, 0.15) is 0 Å². The number of nitrogens with one attached hydrogen (secondary N) is 1. The van der Waals surface area contributed by atoms with Crippen molar-refractivity contribution in [3.05, 3.63) is 53.1 Å². The second kappa shape index (κ2) is 9.83. The van der Waals surface area contributed by atoms with Gasteiger partial charge in [-0.1, -0.05) is 31.5 Å². The fourth-order valence-electron chi connectivity index (χ4n) is 2.15. The van der Waals surface area contributed by atoms with Crippen molar-refractivity contribution in [1.82, 2.24) is 0 Å². The highest BCUT2D eigenvalue weighted by Crippen LogP contribution is 2.28. The summed E-state index contributed by atoms with van der Waals surface area (Å²) in [7, 11) is 1.49. The SMILES string of the molecule is COc1cc(C(=O)OCC(=O)Nc2cccc(Cl)c2)ccc1OCC(C)C. The maximum atomic E-state index is 12.2. The second-order valence-electron chi connectivity index (χ2n) is 6.21. The molecule has 0 radical (unpaired) electrons. The monoisotopic (exact) mass is 391 g/mol. The Morgan fingerprint density at radius 3 is 2.56 bits per heavy atom. The van der Waals surface area contributed by atoms with Crippen LogP contribution in [0.5, 0.6) is 11.5 Å². The van der Waals surface area contributed by atoms with Crippen molar-refractivity contribution in [2.45, 2.75) is 13.8 Å². The van der Waals surface area contributed by atoms with Crippen molar-refractivity contribution in [2.75, 3.05) is 25.6 Å². The highest BCUT2D eigenvalue weighted by atomic mass is 35.5. The Morgan fingerprint density at radius 2 is 1.89 bits per heavy atom. The number of hydrogen-bond acceptors (Lipinski definition) is 5. The standard InChI is InChI=1S/C20H22ClNO5/c1-13(2)11-26-17-8-7-14(9-18(17)25-3)20(24)27-12-19(23)22-16-6-4-5-15(21)10-16/h4-10,13H,11-12H2,1-3H3,(H,22,23). The summed E-state index contributed by atoms with van der Waals surface area (Å²) < 4.78 is 16.0. The zero-order valence-electron chi connectivity index (χ0n) is 15.5. The molecule has 0 aliphatic carbocycles. The molecule has 6 nitrogen and oxygen atoms in total. The van der Waals surface area contributed by atoms with Gasteiger partial charge in [-0.15, -0.1) is 0 Å². The molecule has 2 rings (SSSR count). The lowest BCUT2D eigenvalue weighted by Crippen LogP contribution is -2.21. The van der Waals surface area contributed by atoms with Crippen LogP contribution in [-0.2, 0) is 9.53 Å². The molecule has 0 atom stereocenters.